The van der Waals surface area contributed by atoms with E-state index in [2.05, 4.69) is 11.2 Å². The van der Waals surface area contributed by atoms with Crippen LogP contribution in [0.2, 0.25) is 0 Å². The summed E-state index contributed by atoms with van der Waals surface area (Å²) >= 11 is 0. The zero-order valence-electron chi connectivity index (χ0n) is 14.7. The Kier molecular flexibility index (Phi) is 4.48. The highest BCUT2D eigenvalue weighted by molar-refractivity contribution is 5.85. The summed E-state index contributed by atoms with van der Waals surface area (Å²) in [6.07, 6.45) is -3.59. The molecule has 1 aliphatic rings. The molecule has 0 spiro atoms. The second kappa shape index (κ2) is 6.39. The van der Waals surface area contributed by atoms with Crippen LogP contribution in [0, 0.1) is 11.3 Å². The maximum Gasteiger partial charge on any atom is 0.426 e. The number of nitriles is 1. The zero-order chi connectivity index (χ0) is 20.0. The number of para-hydroxylation sites is 1. The molecule has 2 heterocycles. The Balaban J connectivity index is 1.97. The number of halogens is 3. The highest BCUT2D eigenvalue weighted by Crippen LogP contribution is 2.36. The van der Waals surface area contributed by atoms with E-state index in [9.17, 15) is 28.3 Å². The highest BCUT2D eigenvalue weighted by atomic mass is 19.4. The van der Waals surface area contributed by atoms with Crippen LogP contribution in [0.1, 0.15) is 36.6 Å². The first-order valence-corrected chi connectivity index (χ1v) is 8.22. The molecule has 1 N–H and O–H groups in total. The fourth-order valence-electron chi connectivity index (χ4n) is 3.25. The molecule has 2 atom stereocenters. The number of alkyl halides is 3. The minimum Gasteiger partial charge on any atom is -0.373 e. The normalized spacial score (nSPS) is 19.1. The van der Waals surface area contributed by atoms with Crippen LogP contribution < -0.4 is 0 Å². The number of nitrogens with zero attached hydrogens (tertiary/aromatic N) is 4. The Bertz CT molecular complexity index is 927. The lowest BCUT2D eigenvalue weighted by Crippen LogP contribution is -2.57. The molecule has 1 amide bonds. The maximum atomic E-state index is 13.0. The molecule has 1 unspecified atom stereocenters. The van der Waals surface area contributed by atoms with Crippen molar-refractivity contribution in [3.8, 4) is 11.8 Å². The van der Waals surface area contributed by atoms with Crippen molar-refractivity contribution in [1.82, 2.24) is 14.7 Å². The van der Waals surface area contributed by atoms with Gasteiger partial charge in [0.1, 0.15) is 6.07 Å². The third kappa shape index (κ3) is 3.06. The van der Waals surface area contributed by atoms with E-state index in [1.165, 1.54) is 6.20 Å². The first-order valence-electron chi connectivity index (χ1n) is 8.22. The number of aliphatic hydroxyl groups is 1. The third-order valence-corrected chi connectivity index (χ3v) is 4.72. The fraction of sp³-hybridized carbons (Fsp3) is 0.389. The Morgan fingerprint density at radius 2 is 2.04 bits per heavy atom. The molecule has 0 saturated carbocycles. The molecular formula is C18H17F3N4O2. The van der Waals surface area contributed by atoms with E-state index in [4.69, 9.17) is 0 Å². The molecule has 3 rings (SSSR count). The Hall–Kier alpha value is -2.86. The van der Waals surface area contributed by atoms with Gasteiger partial charge in [0.2, 0.25) is 5.60 Å². The number of fused-ring (bicyclic) bond motifs is 1. The van der Waals surface area contributed by atoms with Crippen LogP contribution in [0.4, 0.5) is 13.2 Å². The van der Waals surface area contributed by atoms with Gasteiger partial charge in [-0.15, -0.1) is 0 Å². The van der Waals surface area contributed by atoms with Crippen molar-refractivity contribution in [2.75, 3.05) is 6.54 Å². The van der Waals surface area contributed by atoms with Crippen LogP contribution in [0.5, 0.6) is 0 Å². The van der Waals surface area contributed by atoms with Gasteiger partial charge in [0.05, 0.1) is 23.1 Å². The van der Waals surface area contributed by atoms with Crippen molar-refractivity contribution in [3.63, 3.8) is 0 Å². The van der Waals surface area contributed by atoms with Crippen LogP contribution in [-0.2, 0) is 11.3 Å². The van der Waals surface area contributed by atoms with Gasteiger partial charge in [0, 0.05) is 24.6 Å². The van der Waals surface area contributed by atoms with Gasteiger partial charge in [-0.3, -0.25) is 4.79 Å². The van der Waals surface area contributed by atoms with E-state index < -0.39 is 17.7 Å². The number of carbonyl (C=O) groups is 1. The summed E-state index contributed by atoms with van der Waals surface area (Å²) in [4.78, 5) is 13.3. The lowest BCUT2D eigenvalue weighted by molar-refractivity contribution is -0.250. The van der Waals surface area contributed by atoms with Crippen molar-refractivity contribution >= 4 is 5.91 Å². The van der Waals surface area contributed by atoms with Crippen molar-refractivity contribution in [2.45, 2.75) is 38.1 Å². The van der Waals surface area contributed by atoms with Gasteiger partial charge in [-0.2, -0.15) is 23.5 Å². The smallest absolute Gasteiger partial charge is 0.373 e. The third-order valence-electron chi connectivity index (χ3n) is 4.72. The summed E-state index contributed by atoms with van der Waals surface area (Å²) in [6.45, 7) is 2.12. The van der Waals surface area contributed by atoms with E-state index >= 15 is 0 Å². The molecule has 1 aromatic carbocycles. The van der Waals surface area contributed by atoms with Crippen molar-refractivity contribution in [2.24, 2.45) is 0 Å². The quantitative estimate of drug-likeness (QED) is 0.871. The molecule has 0 fully saturated rings. The summed E-state index contributed by atoms with van der Waals surface area (Å²) < 4.78 is 40.6. The predicted molar refractivity (Wildman–Crippen MR) is 88.8 cm³/mol. The molecular weight excluding hydrogens is 361 g/mol. The number of rotatable bonds is 2. The molecule has 6 nitrogen and oxygen atoms in total. The zero-order valence-corrected chi connectivity index (χ0v) is 14.7. The average molecular weight is 378 g/mol. The monoisotopic (exact) mass is 378 g/mol. The molecule has 142 valence electrons. The van der Waals surface area contributed by atoms with E-state index in [1.54, 1.807) is 35.9 Å². The van der Waals surface area contributed by atoms with Gasteiger partial charge in [-0.05, 0) is 19.1 Å². The Labute approximate surface area is 153 Å². The van der Waals surface area contributed by atoms with Crippen LogP contribution in [0.3, 0.4) is 0 Å². The molecule has 9 heteroatoms. The standard InChI is InChI=1S/C18H17F3N4O2/c1-11-9-24(16(26)17(2,27)18(19,20)21)10-13-8-23-25(15(11)13)14-6-4-3-5-12(14)7-22/h3-6,8,11,27H,9-10H2,1-2H3/t11-,17?/m1/s1. The summed E-state index contributed by atoms with van der Waals surface area (Å²) in [5, 5.41) is 23.2. The second-order valence-corrected chi connectivity index (χ2v) is 6.75. The van der Waals surface area contributed by atoms with Gasteiger partial charge in [-0.25, -0.2) is 4.68 Å². The van der Waals surface area contributed by atoms with Gasteiger partial charge < -0.3 is 10.0 Å². The topological polar surface area (TPSA) is 82.2 Å². The van der Waals surface area contributed by atoms with E-state index in [-0.39, 0.29) is 19.0 Å². The molecule has 0 aliphatic carbocycles. The molecule has 0 bridgehead atoms. The number of carbonyl (C=O) groups excluding carboxylic acids is 1. The van der Waals surface area contributed by atoms with Gasteiger partial charge in [0.15, 0.2) is 0 Å². The molecule has 1 aromatic heterocycles. The summed E-state index contributed by atoms with van der Waals surface area (Å²) in [7, 11) is 0. The van der Waals surface area contributed by atoms with E-state index in [0.29, 0.717) is 23.7 Å². The summed E-state index contributed by atoms with van der Waals surface area (Å²) in [6, 6.07) is 8.94. The molecule has 0 radical (unpaired) electrons. The SMILES string of the molecule is C[C@@H]1CN(C(=O)C(C)(O)C(F)(F)F)Cc2cnn(-c3ccccc3C#N)c21. The van der Waals surface area contributed by atoms with Gasteiger partial charge in [0.25, 0.3) is 5.91 Å². The molecule has 0 saturated heterocycles. The fourth-order valence-corrected chi connectivity index (χ4v) is 3.25. The van der Waals surface area contributed by atoms with Gasteiger partial charge in [-0.1, -0.05) is 19.1 Å². The molecule has 2 aromatic rings. The number of benzene rings is 1. The maximum absolute atomic E-state index is 13.0. The summed E-state index contributed by atoms with van der Waals surface area (Å²) in [5.74, 6) is -1.73. The van der Waals surface area contributed by atoms with Crippen molar-refractivity contribution in [1.29, 1.82) is 5.26 Å². The van der Waals surface area contributed by atoms with Crippen LogP contribution in [0.15, 0.2) is 30.5 Å². The van der Waals surface area contributed by atoms with E-state index in [0.717, 1.165) is 10.6 Å². The highest BCUT2D eigenvalue weighted by Gasteiger charge is 2.57. The number of hydrogen-bond donors (Lipinski definition) is 1. The number of hydrogen-bond acceptors (Lipinski definition) is 4. The van der Waals surface area contributed by atoms with Crippen LogP contribution in [0.25, 0.3) is 5.69 Å². The lowest BCUT2D eigenvalue weighted by Gasteiger charge is -2.36. The van der Waals surface area contributed by atoms with Crippen molar-refractivity contribution < 1.29 is 23.1 Å². The average Bonchev–Trinajstić information content (AvgIpc) is 3.04. The Morgan fingerprint density at radius 1 is 1.37 bits per heavy atom. The second-order valence-electron chi connectivity index (χ2n) is 6.75. The largest absolute Gasteiger partial charge is 0.426 e. The predicted octanol–water partition coefficient (Wildman–Crippen LogP) is 2.50. The first kappa shape index (κ1) is 18.9. The van der Waals surface area contributed by atoms with Crippen molar-refractivity contribution in [3.05, 3.63) is 47.3 Å². The van der Waals surface area contributed by atoms with E-state index in [1.807, 2.05) is 0 Å². The van der Waals surface area contributed by atoms with Crippen LogP contribution >= 0.6 is 0 Å². The number of aromatic nitrogens is 2. The van der Waals surface area contributed by atoms with Crippen LogP contribution in [-0.4, -0.2) is 44.0 Å². The minimum atomic E-state index is -5.07. The van der Waals surface area contributed by atoms with Gasteiger partial charge >= 0.3 is 6.18 Å². The molecule has 27 heavy (non-hydrogen) atoms. The molecule has 1 aliphatic heterocycles. The minimum absolute atomic E-state index is 0.00151. The lowest BCUT2D eigenvalue weighted by atomic mass is 9.95. The number of amides is 1. The summed E-state index contributed by atoms with van der Waals surface area (Å²) in [5.41, 5.74) is -1.17. The Morgan fingerprint density at radius 3 is 2.67 bits per heavy atom. The first-order chi connectivity index (χ1) is 12.6.